The Hall–Kier alpha value is -3.68. The molecule has 7 rings (SSSR count). The van der Waals surface area contributed by atoms with Crippen LogP contribution in [-0.2, 0) is 24.4 Å². The normalized spacial score (nSPS) is 28.4. The molecular formula is C35H40ClN5O6S2. The van der Waals surface area contributed by atoms with Crippen LogP contribution in [0.5, 0.6) is 5.19 Å². The Labute approximate surface area is 294 Å². The summed E-state index contributed by atoms with van der Waals surface area (Å²) in [5.41, 5.74) is 0.0486. The molecule has 0 bridgehead atoms. The van der Waals surface area contributed by atoms with Gasteiger partial charge < -0.3 is 20.3 Å². The maximum Gasteiger partial charge on any atom is 0.274 e. The summed E-state index contributed by atoms with van der Waals surface area (Å²) in [5.74, 6) is -1.91. The number of nitrogens with one attached hydrogen (secondary N) is 3. The lowest BCUT2D eigenvalue weighted by molar-refractivity contribution is -0.140. The number of benzene rings is 2. The number of ether oxygens (including phenoxy) is 1. The SMILES string of the molecule is CC1(S(=O)(=O)NC(=O)[C@@]23C[C@H]2C=CCCCCC[C@H](Nc2cccc(Cl)c2)C(=O)N2C[C@H](Oc4nc5ccccc5s4)C[C@H]2C(=O)N3)CC1. The molecule has 3 N–H and O–H groups in total. The number of carbonyl (C=O) groups is 3. The van der Waals surface area contributed by atoms with Gasteiger partial charge in [0.05, 0.1) is 21.5 Å². The van der Waals surface area contributed by atoms with Crippen LogP contribution in [0.3, 0.4) is 0 Å². The number of sulfonamides is 1. The molecule has 3 fully saturated rings. The molecule has 2 aliphatic heterocycles. The first-order valence-electron chi connectivity index (χ1n) is 16.9. The van der Waals surface area contributed by atoms with E-state index in [-0.39, 0.29) is 31.2 Å². The van der Waals surface area contributed by atoms with Crippen LogP contribution in [0.4, 0.5) is 5.69 Å². The molecule has 49 heavy (non-hydrogen) atoms. The van der Waals surface area contributed by atoms with E-state index in [1.54, 1.807) is 19.1 Å². The van der Waals surface area contributed by atoms with Gasteiger partial charge in [0, 0.05) is 23.0 Å². The van der Waals surface area contributed by atoms with E-state index in [1.807, 2.05) is 48.6 Å². The predicted molar refractivity (Wildman–Crippen MR) is 189 cm³/mol. The van der Waals surface area contributed by atoms with Crippen LogP contribution in [0.1, 0.15) is 64.7 Å². The van der Waals surface area contributed by atoms with E-state index in [2.05, 4.69) is 20.3 Å². The van der Waals surface area contributed by atoms with E-state index in [0.29, 0.717) is 35.2 Å². The largest absolute Gasteiger partial charge is 0.465 e. The van der Waals surface area contributed by atoms with E-state index in [1.165, 1.54) is 16.2 Å². The van der Waals surface area contributed by atoms with Crippen molar-refractivity contribution < 1.29 is 27.5 Å². The zero-order valence-electron chi connectivity index (χ0n) is 27.2. The zero-order valence-corrected chi connectivity index (χ0v) is 29.6. The molecule has 2 saturated carbocycles. The summed E-state index contributed by atoms with van der Waals surface area (Å²) in [5, 5.41) is 7.27. The molecule has 260 valence electrons. The number of fused-ring (bicyclic) bond motifs is 3. The number of hydrogen-bond donors (Lipinski definition) is 3. The number of allylic oxidation sites excluding steroid dienone is 1. The summed E-state index contributed by atoms with van der Waals surface area (Å²) >= 11 is 7.66. The molecule has 0 unspecified atom stereocenters. The van der Waals surface area contributed by atoms with Gasteiger partial charge in [0.15, 0.2) is 0 Å². The number of nitrogens with zero attached hydrogens (tertiary/aromatic N) is 2. The Morgan fingerprint density at radius 2 is 1.94 bits per heavy atom. The number of hydrogen-bond acceptors (Lipinski definition) is 9. The third-order valence-electron chi connectivity index (χ3n) is 10.2. The van der Waals surface area contributed by atoms with Gasteiger partial charge in [-0.25, -0.2) is 13.4 Å². The zero-order chi connectivity index (χ0) is 34.4. The van der Waals surface area contributed by atoms with Crippen molar-refractivity contribution >= 4 is 66.6 Å². The summed E-state index contributed by atoms with van der Waals surface area (Å²) < 4.78 is 34.7. The lowest BCUT2D eigenvalue weighted by Crippen LogP contribution is -2.58. The second kappa shape index (κ2) is 13.2. The number of aromatic nitrogens is 1. The molecule has 1 saturated heterocycles. The number of anilines is 1. The molecular weight excluding hydrogens is 686 g/mol. The molecule has 14 heteroatoms. The third kappa shape index (κ3) is 7.02. The van der Waals surface area contributed by atoms with Crippen LogP contribution in [0, 0.1) is 5.92 Å². The van der Waals surface area contributed by atoms with Gasteiger partial charge in [-0.2, -0.15) is 0 Å². The van der Waals surface area contributed by atoms with Crippen LogP contribution < -0.4 is 20.1 Å². The quantitative estimate of drug-likeness (QED) is 0.283. The molecule has 1 aromatic heterocycles. The highest BCUT2D eigenvalue weighted by molar-refractivity contribution is 7.91. The number of thiazole rings is 1. The lowest BCUT2D eigenvalue weighted by Gasteiger charge is -2.30. The monoisotopic (exact) mass is 725 g/mol. The van der Waals surface area contributed by atoms with Crippen molar-refractivity contribution in [3.8, 4) is 5.19 Å². The minimum Gasteiger partial charge on any atom is -0.465 e. The van der Waals surface area contributed by atoms with Gasteiger partial charge in [-0.3, -0.25) is 19.1 Å². The van der Waals surface area contributed by atoms with Crippen LogP contribution in [0.2, 0.25) is 5.02 Å². The fraction of sp³-hybridized carbons (Fsp3) is 0.486. The molecule has 3 amide bonds. The molecule has 3 heterocycles. The molecule has 4 aliphatic rings. The van der Waals surface area contributed by atoms with E-state index in [0.717, 1.165) is 35.9 Å². The highest BCUT2D eigenvalue weighted by Crippen LogP contribution is 2.47. The van der Waals surface area contributed by atoms with Gasteiger partial charge in [-0.1, -0.05) is 66.1 Å². The summed E-state index contributed by atoms with van der Waals surface area (Å²) in [7, 11) is -3.93. The van der Waals surface area contributed by atoms with Crippen molar-refractivity contribution in [2.45, 2.75) is 93.2 Å². The van der Waals surface area contributed by atoms with E-state index >= 15 is 0 Å². The predicted octanol–water partition coefficient (Wildman–Crippen LogP) is 5.17. The average Bonchev–Trinajstić information content (AvgIpc) is 3.87. The topological polar surface area (TPSA) is 147 Å². The molecule has 0 spiro atoms. The molecule has 3 aromatic rings. The first-order chi connectivity index (χ1) is 23.5. The molecule has 11 nitrogen and oxygen atoms in total. The molecule has 2 aliphatic carbocycles. The van der Waals surface area contributed by atoms with E-state index in [4.69, 9.17) is 16.3 Å². The van der Waals surface area contributed by atoms with Gasteiger partial charge in [0.1, 0.15) is 23.7 Å². The Kier molecular flexibility index (Phi) is 9.12. The van der Waals surface area contributed by atoms with Crippen molar-refractivity contribution in [1.82, 2.24) is 19.9 Å². The highest BCUT2D eigenvalue weighted by atomic mass is 35.5. The smallest absolute Gasteiger partial charge is 0.274 e. The maximum atomic E-state index is 14.5. The number of amides is 3. The Balaban J connectivity index is 1.18. The van der Waals surface area contributed by atoms with Crippen molar-refractivity contribution in [2.24, 2.45) is 5.92 Å². The van der Waals surface area contributed by atoms with Crippen molar-refractivity contribution in [3.63, 3.8) is 0 Å². The number of halogens is 1. The van der Waals surface area contributed by atoms with E-state index < -0.39 is 50.3 Å². The first-order valence-corrected chi connectivity index (χ1v) is 19.5. The second-order valence-corrected chi connectivity index (χ2v) is 17.5. The Morgan fingerprint density at radius 1 is 1.12 bits per heavy atom. The van der Waals surface area contributed by atoms with Crippen molar-refractivity contribution in [1.29, 1.82) is 0 Å². The fourth-order valence-corrected chi connectivity index (χ4v) is 9.15. The van der Waals surface area contributed by atoms with Gasteiger partial charge in [-0.15, -0.1) is 0 Å². The molecule has 5 atom stereocenters. The first kappa shape index (κ1) is 33.8. The third-order valence-corrected chi connectivity index (χ3v) is 13.5. The van der Waals surface area contributed by atoms with Crippen molar-refractivity contribution in [3.05, 3.63) is 65.7 Å². The minimum absolute atomic E-state index is 0.135. The van der Waals surface area contributed by atoms with Gasteiger partial charge in [0.2, 0.25) is 21.8 Å². The highest BCUT2D eigenvalue weighted by Gasteiger charge is 2.63. The number of rotatable bonds is 7. The van der Waals surface area contributed by atoms with E-state index in [9.17, 15) is 22.8 Å². The number of carbonyl (C=O) groups excluding carboxylic acids is 3. The lowest BCUT2D eigenvalue weighted by atomic mass is 10.0. The minimum atomic E-state index is -3.93. The van der Waals surface area contributed by atoms with Crippen LogP contribution >= 0.6 is 22.9 Å². The standard InChI is InChI=1S/C35H40ClN5O6S2/c1-34(16-17-34)49(45,46)40-32(44)35-20-22(35)10-5-3-2-4-6-14-27(37-24-12-9-11-23(36)18-24)31(43)41-21-25(19-28(41)30(42)39-35)47-33-38-26-13-7-8-15-29(26)48-33/h5,7-13,15,18,22,25,27-28,37H,2-4,6,14,16-17,19-21H2,1H3,(H,39,42)(H,40,44)/t22-,25-,27+,28+,35-/m1/s1. The second-order valence-electron chi connectivity index (χ2n) is 13.9. The molecule has 0 radical (unpaired) electrons. The summed E-state index contributed by atoms with van der Waals surface area (Å²) in [6.07, 6.45) is 8.57. The van der Waals surface area contributed by atoms with Gasteiger partial charge in [-0.05, 0) is 75.8 Å². The van der Waals surface area contributed by atoms with Gasteiger partial charge >= 0.3 is 0 Å². The fourth-order valence-electron chi connectivity index (χ4n) is 6.77. The summed E-state index contributed by atoms with van der Waals surface area (Å²) in [6.45, 7) is 1.75. The number of para-hydroxylation sites is 1. The Morgan fingerprint density at radius 3 is 2.71 bits per heavy atom. The van der Waals surface area contributed by atoms with Crippen molar-refractivity contribution in [2.75, 3.05) is 11.9 Å². The maximum absolute atomic E-state index is 14.5. The van der Waals surface area contributed by atoms with Crippen LogP contribution in [0.25, 0.3) is 10.2 Å². The van der Waals surface area contributed by atoms with Crippen LogP contribution in [-0.4, -0.2) is 71.0 Å². The van der Waals surface area contributed by atoms with Gasteiger partial charge in [0.25, 0.3) is 11.1 Å². The summed E-state index contributed by atoms with van der Waals surface area (Å²) in [6, 6.07) is 13.2. The molecule has 2 aromatic carbocycles. The van der Waals surface area contributed by atoms with Crippen LogP contribution in [0.15, 0.2) is 60.7 Å². The summed E-state index contributed by atoms with van der Waals surface area (Å²) in [4.78, 5) is 48.6. The average molecular weight is 726 g/mol. The Bertz CT molecular complexity index is 1880.